The van der Waals surface area contributed by atoms with Gasteiger partial charge >= 0.3 is 0 Å². The van der Waals surface area contributed by atoms with Crippen LogP contribution in [0, 0.1) is 5.92 Å². The van der Waals surface area contributed by atoms with Crippen LogP contribution in [-0.4, -0.2) is 21.7 Å². The quantitative estimate of drug-likeness (QED) is 0.816. The largest absolute Gasteiger partial charge is 0.310 e. The van der Waals surface area contributed by atoms with Crippen LogP contribution in [0.1, 0.15) is 32.2 Å². The molecule has 0 saturated heterocycles. The fourth-order valence-electron chi connectivity index (χ4n) is 1.58. The molecule has 1 unspecified atom stereocenters. The molecule has 0 aliphatic carbocycles. The van der Waals surface area contributed by atoms with E-state index in [2.05, 4.69) is 47.1 Å². The molecule has 1 N–H and O–H groups in total. The molecule has 17 heavy (non-hydrogen) atoms. The first-order valence-electron chi connectivity index (χ1n) is 6.02. The highest BCUT2D eigenvalue weighted by molar-refractivity contribution is 9.10. The van der Waals surface area contributed by atoms with Gasteiger partial charge in [0.1, 0.15) is 0 Å². The van der Waals surface area contributed by atoms with E-state index < -0.39 is 0 Å². The van der Waals surface area contributed by atoms with Gasteiger partial charge in [0, 0.05) is 25.5 Å². The molecule has 98 valence electrons. The molecule has 1 heterocycles. The van der Waals surface area contributed by atoms with Gasteiger partial charge < -0.3 is 5.32 Å². The standard InChI is InChI=1S/C12H21BrClN3/c1-5-10-12(13)11(17(4)16-10)7-15-6-9(14)8(2)3/h8-9,15H,5-7H2,1-4H3. The Bertz CT molecular complexity index is 363. The lowest BCUT2D eigenvalue weighted by Gasteiger charge is -2.14. The minimum Gasteiger partial charge on any atom is -0.310 e. The summed E-state index contributed by atoms with van der Waals surface area (Å²) in [7, 11) is 1.97. The van der Waals surface area contributed by atoms with Gasteiger partial charge in [0.25, 0.3) is 0 Å². The van der Waals surface area contributed by atoms with E-state index >= 15 is 0 Å². The zero-order chi connectivity index (χ0) is 13.0. The second-order valence-electron chi connectivity index (χ2n) is 4.58. The molecule has 3 nitrogen and oxygen atoms in total. The highest BCUT2D eigenvalue weighted by Crippen LogP contribution is 2.21. The maximum atomic E-state index is 6.20. The van der Waals surface area contributed by atoms with Gasteiger partial charge in [0.15, 0.2) is 0 Å². The highest BCUT2D eigenvalue weighted by atomic mass is 79.9. The average molecular weight is 323 g/mol. The Morgan fingerprint density at radius 1 is 1.47 bits per heavy atom. The third kappa shape index (κ3) is 3.97. The Hall–Kier alpha value is -0.0600. The zero-order valence-electron chi connectivity index (χ0n) is 10.9. The predicted octanol–water partition coefficient (Wildman–Crippen LogP) is 3.10. The number of nitrogens with one attached hydrogen (secondary N) is 1. The van der Waals surface area contributed by atoms with E-state index in [1.807, 2.05) is 11.7 Å². The van der Waals surface area contributed by atoms with Gasteiger partial charge in [0.2, 0.25) is 0 Å². The monoisotopic (exact) mass is 321 g/mol. The van der Waals surface area contributed by atoms with Gasteiger partial charge in [-0.15, -0.1) is 11.6 Å². The van der Waals surface area contributed by atoms with Crippen molar-refractivity contribution >= 4 is 27.5 Å². The summed E-state index contributed by atoms with van der Waals surface area (Å²) in [5.74, 6) is 0.491. The molecule has 0 aromatic carbocycles. The fourth-order valence-corrected chi connectivity index (χ4v) is 2.44. The fraction of sp³-hybridized carbons (Fsp3) is 0.750. The Morgan fingerprint density at radius 3 is 2.59 bits per heavy atom. The molecule has 5 heteroatoms. The van der Waals surface area contributed by atoms with Gasteiger partial charge in [-0.2, -0.15) is 5.10 Å². The first-order chi connectivity index (χ1) is 7.97. The summed E-state index contributed by atoms with van der Waals surface area (Å²) in [5.41, 5.74) is 2.28. The first kappa shape index (κ1) is 15.0. The second kappa shape index (κ2) is 6.76. The molecule has 1 aromatic heterocycles. The van der Waals surface area contributed by atoms with Crippen LogP contribution in [0.4, 0.5) is 0 Å². The SMILES string of the molecule is CCc1nn(C)c(CNCC(Cl)C(C)C)c1Br. The van der Waals surface area contributed by atoms with Crippen LogP contribution in [0.5, 0.6) is 0 Å². The summed E-state index contributed by atoms with van der Waals surface area (Å²) >= 11 is 9.80. The van der Waals surface area contributed by atoms with E-state index in [1.54, 1.807) is 0 Å². The van der Waals surface area contributed by atoms with Crippen molar-refractivity contribution in [2.45, 2.75) is 39.1 Å². The van der Waals surface area contributed by atoms with Gasteiger partial charge in [0.05, 0.1) is 15.9 Å². The Kier molecular flexibility index (Phi) is 5.97. The smallest absolute Gasteiger partial charge is 0.0767 e. The van der Waals surface area contributed by atoms with Crippen molar-refractivity contribution in [1.29, 1.82) is 0 Å². The molecule has 1 atom stereocenters. The Morgan fingerprint density at radius 2 is 2.12 bits per heavy atom. The van der Waals surface area contributed by atoms with E-state index in [0.29, 0.717) is 5.92 Å². The van der Waals surface area contributed by atoms with Crippen molar-refractivity contribution in [2.75, 3.05) is 6.54 Å². The molecule has 0 aliphatic rings. The van der Waals surface area contributed by atoms with Crippen LogP contribution in [0.25, 0.3) is 0 Å². The first-order valence-corrected chi connectivity index (χ1v) is 7.25. The van der Waals surface area contributed by atoms with Crippen LogP contribution < -0.4 is 5.32 Å². The number of halogens is 2. The van der Waals surface area contributed by atoms with Gasteiger partial charge in [-0.05, 0) is 28.3 Å². The molecular weight excluding hydrogens is 302 g/mol. The highest BCUT2D eigenvalue weighted by Gasteiger charge is 2.13. The lowest BCUT2D eigenvalue weighted by atomic mass is 10.1. The van der Waals surface area contributed by atoms with Crippen molar-refractivity contribution in [2.24, 2.45) is 13.0 Å². The molecule has 0 radical (unpaired) electrons. The maximum absolute atomic E-state index is 6.20. The number of aryl methyl sites for hydroxylation is 2. The van der Waals surface area contributed by atoms with Crippen LogP contribution in [-0.2, 0) is 20.0 Å². The number of aromatic nitrogens is 2. The lowest BCUT2D eigenvalue weighted by molar-refractivity contribution is 0.534. The topological polar surface area (TPSA) is 29.9 Å². The van der Waals surface area contributed by atoms with E-state index in [9.17, 15) is 0 Å². The van der Waals surface area contributed by atoms with Gasteiger partial charge in [-0.25, -0.2) is 0 Å². The number of rotatable bonds is 6. The molecule has 0 fully saturated rings. The van der Waals surface area contributed by atoms with Crippen molar-refractivity contribution < 1.29 is 0 Å². The zero-order valence-corrected chi connectivity index (χ0v) is 13.3. The van der Waals surface area contributed by atoms with Crippen molar-refractivity contribution in [3.8, 4) is 0 Å². The normalized spacial score (nSPS) is 13.4. The van der Waals surface area contributed by atoms with E-state index in [-0.39, 0.29) is 5.38 Å². The minimum absolute atomic E-state index is 0.174. The van der Waals surface area contributed by atoms with Crippen LogP contribution in [0.3, 0.4) is 0 Å². The van der Waals surface area contributed by atoms with Crippen LogP contribution in [0.15, 0.2) is 4.47 Å². The molecule has 0 amide bonds. The lowest BCUT2D eigenvalue weighted by Crippen LogP contribution is -2.27. The third-order valence-electron chi connectivity index (χ3n) is 2.86. The molecule has 0 saturated carbocycles. The van der Waals surface area contributed by atoms with Crippen molar-refractivity contribution in [1.82, 2.24) is 15.1 Å². The summed E-state index contributed by atoms with van der Waals surface area (Å²) in [4.78, 5) is 0. The van der Waals surface area contributed by atoms with Gasteiger partial charge in [-0.1, -0.05) is 20.8 Å². The molecule has 1 rings (SSSR count). The van der Waals surface area contributed by atoms with Crippen LogP contribution >= 0.6 is 27.5 Å². The molecule has 0 bridgehead atoms. The summed E-state index contributed by atoms with van der Waals surface area (Å²) in [5, 5.41) is 8.01. The molecule has 0 aliphatic heterocycles. The summed E-state index contributed by atoms with van der Waals surface area (Å²) < 4.78 is 3.04. The maximum Gasteiger partial charge on any atom is 0.0767 e. The molecule has 1 aromatic rings. The van der Waals surface area contributed by atoms with E-state index in [1.165, 1.54) is 5.69 Å². The Balaban J connectivity index is 2.55. The van der Waals surface area contributed by atoms with Gasteiger partial charge in [-0.3, -0.25) is 4.68 Å². The molecule has 0 spiro atoms. The van der Waals surface area contributed by atoms with E-state index in [0.717, 1.165) is 29.7 Å². The summed E-state index contributed by atoms with van der Waals surface area (Å²) in [6.07, 6.45) is 0.943. The second-order valence-corrected chi connectivity index (χ2v) is 5.93. The number of hydrogen-bond acceptors (Lipinski definition) is 2. The minimum atomic E-state index is 0.174. The number of nitrogens with zero attached hydrogens (tertiary/aromatic N) is 2. The third-order valence-corrected chi connectivity index (χ3v) is 4.43. The summed E-state index contributed by atoms with van der Waals surface area (Å²) in [6, 6.07) is 0. The van der Waals surface area contributed by atoms with Crippen LogP contribution in [0.2, 0.25) is 0 Å². The number of hydrogen-bond donors (Lipinski definition) is 1. The molecular formula is C12H21BrClN3. The van der Waals surface area contributed by atoms with Crippen molar-refractivity contribution in [3.05, 3.63) is 15.9 Å². The van der Waals surface area contributed by atoms with Crippen molar-refractivity contribution in [3.63, 3.8) is 0 Å². The predicted molar refractivity (Wildman–Crippen MR) is 76.5 cm³/mol. The van der Waals surface area contributed by atoms with E-state index in [4.69, 9.17) is 11.6 Å². The Labute approximate surface area is 117 Å². The summed E-state index contributed by atoms with van der Waals surface area (Å²) in [6.45, 7) is 7.99. The number of alkyl halides is 1. The average Bonchev–Trinajstić information content (AvgIpc) is 2.55.